The number of rotatable bonds is 3. The second-order valence-corrected chi connectivity index (χ2v) is 5.11. The molecule has 0 aromatic carbocycles. The molecule has 0 unspecified atom stereocenters. The van der Waals surface area contributed by atoms with Crippen molar-refractivity contribution < 1.29 is 0 Å². The third-order valence-electron chi connectivity index (χ3n) is 3.19. The number of amidine groups is 1. The van der Waals surface area contributed by atoms with Crippen molar-refractivity contribution in [2.24, 2.45) is 11.7 Å². The van der Waals surface area contributed by atoms with Crippen LogP contribution in [0.4, 0.5) is 0 Å². The summed E-state index contributed by atoms with van der Waals surface area (Å²) in [6.07, 6.45) is 3.05. The van der Waals surface area contributed by atoms with Crippen LogP contribution in [0.2, 0.25) is 0 Å². The Morgan fingerprint density at radius 3 is 2.82 bits per heavy atom. The summed E-state index contributed by atoms with van der Waals surface area (Å²) in [6.45, 7) is 4.89. The molecule has 0 saturated carbocycles. The first-order valence-corrected chi connectivity index (χ1v) is 6.10. The minimum atomic E-state index is -0.123. The molecule has 1 aromatic heterocycles. The maximum absolute atomic E-state index is 12.2. The van der Waals surface area contributed by atoms with Gasteiger partial charge in [0.1, 0.15) is 5.84 Å². The zero-order chi connectivity index (χ0) is 12.6. The number of hydrogen-bond donors (Lipinski definition) is 2. The van der Waals surface area contributed by atoms with Crippen LogP contribution in [0.25, 0.3) is 0 Å². The largest absolute Gasteiger partial charge is 0.384 e. The predicted octanol–water partition coefficient (Wildman–Crippen LogP) is 1.28. The summed E-state index contributed by atoms with van der Waals surface area (Å²) in [4.78, 5) is 12.2. The molecule has 3 N–H and O–H groups in total. The Morgan fingerprint density at radius 1 is 1.53 bits per heavy atom. The topological polar surface area (TPSA) is 71.9 Å². The van der Waals surface area contributed by atoms with E-state index in [4.69, 9.17) is 11.1 Å². The molecule has 2 rings (SSSR count). The van der Waals surface area contributed by atoms with E-state index in [1.807, 2.05) is 10.6 Å². The zero-order valence-electron chi connectivity index (χ0n) is 10.4. The van der Waals surface area contributed by atoms with Gasteiger partial charge in [0, 0.05) is 12.2 Å². The first-order valence-electron chi connectivity index (χ1n) is 6.10. The highest BCUT2D eigenvalue weighted by Gasteiger charge is 2.20. The van der Waals surface area contributed by atoms with Crippen LogP contribution in [0.15, 0.2) is 10.9 Å². The number of nitrogens with two attached hydrogens (primary N) is 1. The van der Waals surface area contributed by atoms with E-state index in [-0.39, 0.29) is 11.4 Å². The highest BCUT2D eigenvalue weighted by molar-refractivity contribution is 5.94. The lowest BCUT2D eigenvalue weighted by Gasteiger charge is -2.16. The smallest absolute Gasteiger partial charge is 0.261 e. The highest BCUT2D eigenvalue weighted by atomic mass is 16.1. The zero-order valence-corrected chi connectivity index (χ0v) is 10.4. The summed E-state index contributed by atoms with van der Waals surface area (Å²) in [5.74, 6) is 0.293. The van der Waals surface area contributed by atoms with Crippen LogP contribution in [0.5, 0.6) is 0 Å². The molecule has 92 valence electrons. The Labute approximate surface area is 101 Å². The Bertz CT molecular complexity index is 514. The molecule has 4 nitrogen and oxygen atoms in total. The quantitative estimate of drug-likeness (QED) is 0.609. The molecular weight excluding hydrogens is 214 g/mol. The maximum atomic E-state index is 12.2. The minimum absolute atomic E-state index is 0.105. The lowest BCUT2D eigenvalue weighted by atomic mass is 10.1. The minimum Gasteiger partial charge on any atom is -0.384 e. The molecule has 0 fully saturated rings. The van der Waals surface area contributed by atoms with E-state index in [9.17, 15) is 4.79 Å². The molecule has 0 amide bonds. The van der Waals surface area contributed by atoms with Crippen molar-refractivity contribution in [3.8, 4) is 0 Å². The molecule has 0 spiro atoms. The summed E-state index contributed by atoms with van der Waals surface area (Å²) in [7, 11) is 0. The normalized spacial score (nSPS) is 14.1. The van der Waals surface area contributed by atoms with Crippen molar-refractivity contribution in [3.05, 3.63) is 33.2 Å². The van der Waals surface area contributed by atoms with Crippen molar-refractivity contribution in [2.75, 3.05) is 0 Å². The summed E-state index contributed by atoms with van der Waals surface area (Å²) < 4.78 is 1.82. The summed E-state index contributed by atoms with van der Waals surface area (Å²) in [5, 5.41) is 7.48. The molecule has 0 aliphatic heterocycles. The third-order valence-corrected chi connectivity index (χ3v) is 3.19. The molecule has 1 aromatic rings. The van der Waals surface area contributed by atoms with Gasteiger partial charge in [0.2, 0.25) is 0 Å². The van der Waals surface area contributed by atoms with E-state index in [0.717, 1.165) is 25.0 Å². The lowest BCUT2D eigenvalue weighted by molar-refractivity contribution is 0.497. The first kappa shape index (κ1) is 11.9. The van der Waals surface area contributed by atoms with Gasteiger partial charge in [0.15, 0.2) is 0 Å². The Hall–Kier alpha value is -1.58. The molecular formula is C13H19N3O. The van der Waals surface area contributed by atoms with E-state index >= 15 is 0 Å². The van der Waals surface area contributed by atoms with Crippen molar-refractivity contribution in [3.63, 3.8) is 0 Å². The van der Waals surface area contributed by atoms with Gasteiger partial charge < -0.3 is 10.3 Å². The first-order chi connectivity index (χ1) is 8.00. The number of fused-ring (bicyclic) bond motifs is 1. The molecule has 0 saturated heterocycles. The predicted molar refractivity (Wildman–Crippen MR) is 68.6 cm³/mol. The van der Waals surface area contributed by atoms with Crippen molar-refractivity contribution in [2.45, 2.75) is 39.7 Å². The van der Waals surface area contributed by atoms with Gasteiger partial charge in [-0.1, -0.05) is 13.8 Å². The van der Waals surface area contributed by atoms with Crippen LogP contribution >= 0.6 is 0 Å². The van der Waals surface area contributed by atoms with Crippen LogP contribution in [-0.2, 0) is 19.4 Å². The van der Waals surface area contributed by atoms with Gasteiger partial charge in [-0.15, -0.1) is 0 Å². The fraction of sp³-hybridized carbons (Fsp3) is 0.538. The molecule has 0 radical (unpaired) electrons. The van der Waals surface area contributed by atoms with Gasteiger partial charge in [-0.25, -0.2) is 0 Å². The number of aromatic nitrogens is 1. The van der Waals surface area contributed by atoms with E-state index in [2.05, 4.69) is 13.8 Å². The summed E-state index contributed by atoms with van der Waals surface area (Å²) in [6, 6.07) is 1.81. The number of pyridine rings is 1. The van der Waals surface area contributed by atoms with Gasteiger partial charge in [0.25, 0.3) is 5.56 Å². The van der Waals surface area contributed by atoms with Gasteiger partial charge in [-0.3, -0.25) is 10.2 Å². The van der Waals surface area contributed by atoms with E-state index in [1.54, 1.807) is 0 Å². The molecule has 1 aliphatic rings. The monoisotopic (exact) mass is 233 g/mol. The molecule has 1 heterocycles. The number of nitrogens with one attached hydrogen (secondary N) is 1. The number of hydrogen-bond acceptors (Lipinski definition) is 2. The van der Waals surface area contributed by atoms with Gasteiger partial charge >= 0.3 is 0 Å². The SMILES string of the molecule is CC(C)Cn1c2c(cc(C(=N)N)c1=O)CCC2. The number of nitrogen functional groups attached to an aromatic ring is 1. The van der Waals surface area contributed by atoms with Crippen molar-refractivity contribution in [1.82, 2.24) is 4.57 Å². The molecule has 0 bridgehead atoms. The standard InChI is InChI=1S/C13H19N3O/c1-8(2)7-16-11-5-3-4-9(11)6-10(12(14)15)13(16)17/h6,8H,3-5,7H2,1-2H3,(H3,14,15). The Balaban J connectivity index is 2.62. The summed E-state index contributed by atoms with van der Waals surface area (Å²) >= 11 is 0. The molecule has 4 heteroatoms. The third kappa shape index (κ3) is 2.12. The second-order valence-electron chi connectivity index (χ2n) is 5.11. The van der Waals surface area contributed by atoms with E-state index in [1.165, 1.54) is 5.56 Å². The lowest BCUT2D eigenvalue weighted by Crippen LogP contribution is -2.33. The average Bonchev–Trinajstić information content (AvgIpc) is 2.68. The van der Waals surface area contributed by atoms with E-state index in [0.29, 0.717) is 18.0 Å². The van der Waals surface area contributed by atoms with Crippen LogP contribution < -0.4 is 11.3 Å². The van der Waals surface area contributed by atoms with Gasteiger partial charge in [0.05, 0.1) is 5.56 Å². The van der Waals surface area contributed by atoms with Crippen LogP contribution in [0, 0.1) is 11.3 Å². The fourth-order valence-corrected chi connectivity index (χ4v) is 2.47. The van der Waals surface area contributed by atoms with Crippen LogP contribution in [0.1, 0.15) is 37.1 Å². The number of aryl methyl sites for hydroxylation is 1. The Kier molecular flexibility index (Phi) is 3.05. The van der Waals surface area contributed by atoms with Crippen molar-refractivity contribution in [1.29, 1.82) is 5.41 Å². The second kappa shape index (κ2) is 4.35. The highest BCUT2D eigenvalue weighted by Crippen LogP contribution is 2.21. The average molecular weight is 233 g/mol. The summed E-state index contributed by atoms with van der Waals surface area (Å²) in [5.41, 5.74) is 8.06. The van der Waals surface area contributed by atoms with Gasteiger partial charge in [-0.2, -0.15) is 0 Å². The van der Waals surface area contributed by atoms with E-state index < -0.39 is 0 Å². The molecule has 17 heavy (non-hydrogen) atoms. The van der Waals surface area contributed by atoms with Crippen LogP contribution in [-0.4, -0.2) is 10.4 Å². The van der Waals surface area contributed by atoms with Crippen molar-refractivity contribution >= 4 is 5.84 Å². The van der Waals surface area contributed by atoms with Gasteiger partial charge in [-0.05, 0) is 36.8 Å². The maximum Gasteiger partial charge on any atom is 0.261 e. The van der Waals surface area contributed by atoms with Crippen LogP contribution in [0.3, 0.4) is 0 Å². The Morgan fingerprint density at radius 2 is 2.24 bits per heavy atom. The fourth-order valence-electron chi connectivity index (χ4n) is 2.47. The molecule has 0 atom stereocenters. The molecule has 1 aliphatic carbocycles. The number of nitrogens with zero attached hydrogens (tertiary/aromatic N) is 1.